The molecule has 1 fully saturated rings. The minimum Gasteiger partial charge on any atom is -0.462 e. The molecule has 1 heterocycles. The van der Waals surface area contributed by atoms with Crippen molar-refractivity contribution >= 4 is 11.7 Å². The average Bonchev–Trinajstić information content (AvgIpc) is 2.56. The van der Waals surface area contributed by atoms with Gasteiger partial charge in [-0.2, -0.15) is 0 Å². The quantitative estimate of drug-likeness (QED) is 0.569. The lowest BCUT2D eigenvalue weighted by atomic mass is 10.1. The molecule has 1 aliphatic rings. The second-order valence-corrected chi connectivity index (χ2v) is 3.60. The van der Waals surface area contributed by atoms with Gasteiger partial charge in [-0.15, -0.1) is 0 Å². The molecule has 0 aromatic heterocycles. The Morgan fingerprint density at radius 2 is 2.07 bits per heavy atom. The van der Waals surface area contributed by atoms with E-state index >= 15 is 0 Å². The maximum atomic E-state index is 10.9. The predicted molar refractivity (Wildman–Crippen MR) is 53.7 cm³/mol. The fraction of sp³-hybridized carbons (Fsp3) is 0.364. The number of hydrogen-bond donors (Lipinski definition) is 1. The van der Waals surface area contributed by atoms with Crippen LogP contribution >= 0.6 is 0 Å². The van der Waals surface area contributed by atoms with Gasteiger partial charge in [0.25, 0.3) is 0 Å². The first-order valence-electron chi connectivity index (χ1n) is 4.78. The Morgan fingerprint density at radius 3 is 2.64 bits per heavy atom. The topological polar surface area (TPSA) is 52.3 Å². The molecule has 14 heavy (non-hydrogen) atoms. The third-order valence-corrected chi connectivity index (χ3v) is 2.41. The number of benzene rings is 1. The van der Waals surface area contributed by atoms with Crippen molar-refractivity contribution in [3.8, 4) is 0 Å². The standard InChI is InChI=1S/C11H13NO2/c12-9-3-1-8(2-4-9)7-10-5-6-11(13)14-10/h1-4,10H,5-7,12H2/t10-/m0/s1. The summed E-state index contributed by atoms with van der Waals surface area (Å²) in [6.07, 6.45) is 2.25. The monoisotopic (exact) mass is 191 g/mol. The van der Waals surface area contributed by atoms with E-state index in [-0.39, 0.29) is 12.1 Å². The first kappa shape index (κ1) is 9.06. The van der Waals surface area contributed by atoms with E-state index in [2.05, 4.69) is 0 Å². The third kappa shape index (κ3) is 2.05. The smallest absolute Gasteiger partial charge is 0.306 e. The lowest BCUT2D eigenvalue weighted by Crippen LogP contribution is -2.10. The van der Waals surface area contributed by atoms with Crippen LogP contribution < -0.4 is 5.73 Å². The summed E-state index contributed by atoms with van der Waals surface area (Å²) in [7, 11) is 0. The molecular weight excluding hydrogens is 178 g/mol. The van der Waals surface area contributed by atoms with Crippen LogP contribution in [0.2, 0.25) is 0 Å². The fourth-order valence-corrected chi connectivity index (χ4v) is 1.64. The van der Waals surface area contributed by atoms with Gasteiger partial charge in [-0.05, 0) is 24.1 Å². The lowest BCUT2D eigenvalue weighted by molar-refractivity contribution is -0.141. The molecule has 2 N–H and O–H groups in total. The number of esters is 1. The highest BCUT2D eigenvalue weighted by Gasteiger charge is 2.22. The first-order chi connectivity index (χ1) is 6.74. The Kier molecular flexibility index (Phi) is 2.39. The highest BCUT2D eigenvalue weighted by molar-refractivity contribution is 5.71. The van der Waals surface area contributed by atoms with Crippen molar-refractivity contribution in [2.45, 2.75) is 25.4 Å². The second-order valence-electron chi connectivity index (χ2n) is 3.60. The van der Waals surface area contributed by atoms with E-state index in [0.717, 1.165) is 18.5 Å². The predicted octanol–water partition coefficient (Wildman–Crippen LogP) is 1.52. The van der Waals surface area contributed by atoms with Gasteiger partial charge in [0.2, 0.25) is 0 Å². The SMILES string of the molecule is Nc1ccc(C[C@@H]2CCC(=O)O2)cc1. The van der Waals surface area contributed by atoms with Crippen molar-refractivity contribution < 1.29 is 9.53 Å². The van der Waals surface area contributed by atoms with Crippen LogP contribution in [0.3, 0.4) is 0 Å². The van der Waals surface area contributed by atoms with Crippen molar-refractivity contribution in [1.82, 2.24) is 0 Å². The van der Waals surface area contributed by atoms with Crippen molar-refractivity contribution in [3.05, 3.63) is 29.8 Å². The maximum Gasteiger partial charge on any atom is 0.306 e. The van der Waals surface area contributed by atoms with E-state index in [1.54, 1.807) is 0 Å². The molecule has 0 bridgehead atoms. The average molecular weight is 191 g/mol. The minimum absolute atomic E-state index is 0.0612. The number of ether oxygens (including phenoxy) is 1. The molecule has 0 aliphatic carbocycles. The van der Waals surface area contributed by atoms with E-state index in [9.17, 15) is 4.79 Å². The van der Waals surface area contributed by atoms with Crippen LogP contribution in [-0.2, 0) is 16.0 Å². The van der Waals surface area contributed by atoms with Gasteiger partial charge in [0.1, 0.15) is 6.10 Å². The Hall–Kier alpha value is -1.51. The molecule has 1 aromatic rings. The second kappa shape index (κ2) is 3.70. The number of cyclic esters (lactones) is 1. The summed E-state index contributed by atoms with van der Waals surface area (Å²) in [4.78, 5) is 10.9. The highest BCUT2D eigenvalue weighted by atomic mass is 16.5. The molecule has 3 nitrogen and oxygen atoms in total. The zero-order chi connectivity index (χ0) is 9.97. The molecule has 1 aromatic carbocycles. The molecule has 74 valence electrons. The van der Waals surface area contributed by atoms with Crippen molar-refractivity contribution in [3.63, 3.8) is 0 Å². The molecule has 1 atom stereocenters. The van der Waals surface area contributed by atoms with Crippen molar-refractivity contribution in [1.29, 1.82) is 0 Å². The third-order valence-electron chi connectivity index (χ3n) is 2.41. The van der Waals surface area contributed by atoms with Crippen LogP contribution in [0, 0.1) is 0 Å². The van der Waals surface area contributed by atoms with E-state index in [1.807, 2.05) is 24.3 Å². The largest absolute Gasteiger partial charge is 0.462 e. The number of nitrogens with two attached hydrogens (primary N) is 1. The molecule has 0 spiro atoms. The molecule has 0 radical (unpaired) electrons. The Bertz CT molecular complexity index is 332. The number of nitrogen functional groups attached to an aromatic ring is 1. The molecular formula is C11H13NO2. The summed E-state index contributed by atoms with van der Waals surface area (Å²) in [5, 5.41) is 0. The summed E-state index contributed by atoms with van der Waals surface area (Å²) in [6.45, 7) is 0. The van der Waals surface area contributed by atoms with Gasteiger partial charge >= 0.3 is 5.97 Å². The number of anilines is 1. The normalized spacial score (nSPS) is 20.9. The summed E-state index contributed by atoms with van der Waals surface area (Å²) in [6, 6.07) is 7.68. The van der Waals surface area contributed by atoms with Crippen LogP contribution in [0.4, 0.5) is 5.69 Å². The van der Waals surface area contributed by atoms with Crippen LogP contribution in [0.25, 0.3) is 0 Å². The van der Waals surface area contributed by atoms with Crippen molar-refractivity contribution in [2.75, 3.05) is 5.73 Å². The first-order valence-corrected chi connectivity index (χ1v) is 4.78. The van der Waals surface area contributed by atoms with E-state index < -0.39 is 0 Å². The Balaban J connectivity index is 1.97. The van der Waals surface area contributed by atoms with Gasteiger partial charge in [-0.1, -0.05) is 12.1 Å². The molecule has 2 rings (SSSR count). The van der Waals surface area contributed by atoms with Gasteiger partial charge < -0.3 is 10.5 Å². The van der Waals surface area contributed by atoms with E-state index in [4.69, 9.17) is 10.5 Å². The van der Waals surface area contributed by atoms with E-state index in [0.29, 0.717) is 6.42 Å². The van der Waals surface area contributed by atoms with Crippen LogP contribution in [0.5, 0.6) is 0 Å². The van der Waals surface area contributed by atoms with E-state index in [1.165, 1.54) is 5.56 Å². The minimum atomic E-state index is -0.0783. The summed E-state index contributed by atoms with van der Waals surface area (Å²) in [5.41, 5.74) is 7.50. The molecule has 1 aliphatic heterocycles. The van der Waals surface area contributed by atoms with Crippen LogP contribution in [0.15, 0.2) is 24.3 Å². The summed E-state index contributed by atoms with van der Waals surface area (Å²) in [5.74, 6) is -0.0783. The highest BCUT2D eigenvalue weighted by Crippen LogP contribution is 2.18. The molecule has 3 heteroatoms. The Morgan fingerprint density at radius 1 is 1.36 bits per heavy atom. The van der Waals surface area contributed by atoms with Gasteiger partial charge in [-0.3, -0.25) is 4.79 Å². The molecule has 0 saturated carbocycles. The maximum absolute atomic E-state index is 10.9. The number of carbonyl (C=O) groups excluding carboxylic acids is 1. The lowest BCUT2D eigenvalue weighted by Gasteiger charge is -2.08. The number of hydrogen-bond acceptors (Lipinski definition) is 3. The van der Waals surface area contributed by atoms with Crippen molar-refractivity contribution in [2.24, 2.45) is 0 Å². The summed E-state index contributed by atoms with van der Waals surface area (Å²) >= 11 is 0. The summed E-state index contributed by atoms with van der Waals surface area (Å²) < 4.78 is 5.13. The van der Waals surface area contributed by atoms with Gasteiger partial charge in [0.15, 0.2) is 0 Å². The van der Waals surface area contributed by atoms with Crippen LogP contribution in [-0.4, -0.2) is 12.1 Å². The van der Waals surface area contributed by atoms with Crippen LogP contribution in [0.1, 0.15) is 18.4 Å². The molecule has 1 saturated heterocycles. The zero-order valence-electron chi connectivity index (χ0n) is 7.90. The molecule has 0 unspecified atom stereocenters. The number of rotatable bonds is 2. The van der Waals surface area contributed by atoms with Gasteiger partial charge in [-0.25, -0.2) is 0 Å². The van der Waals surface area contributed by atoms with Gasteiger partial charge in [0.05, 0.1) is 0 Å². The number of carbonyl (C=O) groups is 1. The van der Waals surface area contributed by atoms with Gasteiger partial charge in [0, 0.05) is 18.5 Å². The molecule has 0 amide bonds. The fourth-order valence-electron chi connectivity index (χ4n) is 1.64. The Labute approximate surface area is 82.9 Å². The zero-order valence-corrected chi connectivity index (χ0v) is 7.90.